The van der Waals surface area contributed by atoms with E-state index in [2.05, 4.69) is 31.9 Å². The SMILES string of the molecule is O=[P+](OC(=CCC(F)(F)F)c1ccc(Br)cc1)OC(=CCC(F)(F)F)c1ccc(Br)cc1. The summed E-state index contributed by atoms with van der Waals surface area (Å²) >= 11 is 6.38. The molecule has 0 radical (unpaired) electrons. The van der Waals surface area contributed by atoms with Crippen molar-refractivity contribution in [1.29, 1.82) is 0 Å². The van der Waals surface area contributed by atoms with E-state index in [9.17, 15) is 30.9 Å². The number of allylic oxidation sites excluding steroid dienone is 2. The van der Waals surface area contributed by atoms with Crippen LogP contribution in [0.2, 0.25) is 0 Å². The number of alkyl halides is 6. The van der Waals surface area contributed by atoms with Gasteiger partial charge in [-0.15, -0.1) is 0 Å². The average molecular weight is 607 g/mol. The van der Waals surface area contributed by atoms with Gasteiger partial charge in [-0.2, -0.15) is 26.3 Å². The van der Waals surface area contributed by atoms with Gasteiger partial charge in [0.15, 0.2) is 11.5 Å². The minimum atomic E-state index is -4.55. The minimum Gasteiger partial charge on any atom is -0.222 e. The highest BCUT2D eigenvalue weighted by Gasteiger charge is 2.32. The summed E-state index contributed by atoms with van der Waals surface area (Å²) in [6, 6.07) is 11.8. The molecule has 0 fully saturated rings. The fraction of sp³-hybridized carbons (Fsp3) is 0.200. The van der Waals surface area contributed by atoms with E-state index in [0.29, 0.717) is 21.1 Å². The fourth-order valence-corrected chi connectivity index (χ4v) is 3.49. The van der Waals surface area contributed by atoms with Crippen LogP contribution in [0, 0.1) is 0 Å². The molecule has 0 aliphatic carbocycles. The van der Waals surface area contributed by atoms with Crippen LogP contribution in [0.1, 0.15) is 24.0 Å². The maximum atomic E-state index is 12.7. The summed E-state index contributed by atoms with van der Waals surface area (Å²) in [6.07, 6.45) is -10.5. The van der Waals surface area contributed by atoms with E-state index in [-0.39, 0.29) is 22.6 Å². The molecule has 0 saturated heterocycles. The molecule has 3 nitrogen and oxygen atoms in total. The Balaban J connectivity index is 2.28. The molecule has 2 rings (SSSR count). The topological polar surface area (TPSA) is 35.5 Å². The quantitative estimate of drug-likeness (QED) is 0.171. The molecule has 0 aliphatic heterocycles. The molecule has 0 atom stereocenters. The third kappa shape index (κ3) is 9.75. The molecule has 0 aliphatic rings. The number of hydrogen-bond donors (Lipinski definition) is 0. The predicted molar refractivity (Wildman–Crippen MR) is 115 cm³/mol. The first-order chi connectivity index (χ1) is 14.8. The number of rotatable bonds is 8. The van der Waals surface area contributed by atoms with Crippen LogP contribution >= 0.6 is 40.1 Å². The van der Waals surface area contributed by atoms with E-state index in [1.807, 2.05) is 0 Å². The van der Waals surface area contributed by atoms with Gasteiger partial charge in [0.1, 0.15) is 0 Å². The Labute approximate surface area is 197 Å². The molecule has 0 aromatic heterocycles. The molecule has 0 N–H and O–H groups in total. The van der Waals surface area contributed by atoms with Crippen molar-refractivity contribution in [3.63, 3.8) is 0 Å². The first-order valence-corrected chi connectivity index (χ1v) is 11.4. The normalized spacial score (nSPS) is 13.7. The summed E-state index contributed by atoms with van der Waals surface area (Å²) in [7, 11) is -3.16. The zero-order chi connectivity index (χ0) is 23.9. The van der Waals surface area contributed by atoms with Crippen LogP contribution in [0.25, 0.3) is 11.5 Å². The van der Waals surface area contributed by atoms with Gasteiger partial charge in [0, 0.05) is 24.6 Å². The molecule has 2 aromatic carbocycles. The van der Waals surface area contributed by atoms with E-state index in [4.69, 9.17) is 9.05 Å². The van der Waals surface area contributed by atoms with E-state index in [1.165, 1.54) is 48.5 Å². The molecule has 0 spiro atoms. The summed E-state index contributed by atoms with van der Waals surface area (Å²) in [5, 5.41) is 0. The molecule has 0 bridgehead atoms. The van der Waals surface area contributed by atoms with E-state index in [1.54, 1.807) is 0 Å². The van der Waals surface area contributed by atoms with Gasteiger partial charge in [0.25, 0.3) is 0 Å². The molecule has 0 saturated carbocycles. The molecular formula is C20H14Br2F6O3P+. The van der Waals surface area contributed by atoms with Gasteiger partial charge in [0.05, 0.1) is 12.8 Å². The second-order valence-electron chi connectivity index (χ2n) is 6.20. The van der Waals surface area contributed by atoms with E-state index in [0.717, 1.165) is 0 Å². The Morgan fingerprint density at radius 2 is 1.03 bits per heavy atom. The van der Waals surface area contributed by atoms with Crippen molar-refractivity contribution in [2.75, 3.05) is 0 Å². The van der Waals surface area contributed by atoms with Crippen molar-refractivity contribution < 1.29 is 40.0 Å². The molecule has 172 valence electrons. The van der Waals surface area contributed by atoms with Gasteiger partial charge in [-0.3, -0.25) is 0 Å². The van der Waals surface area contributed by atoms with Crippen LogP contribution < -0.4 is 0 Å². The Morgan fingerprint density at radius 1 is 0.719 bits per heavy atom. The second kappa shape index (κ2) is 11.3. The van der Waals surface area contributed by atoms with Crippen molar-refractivity contribution in [3.8, 4) is 0 Å². The molecule has 2 aromatic rings. The van der Waals surface area contributed by atoms with Gasteiger partial charge in [-0.05, 0) is 60.7 Å². The lowest BCUT2D eigenvalue weighted by Crippen LogP contribution is -2.05. The summed E-state index contributed by atoms with van der Waals surface area (Å²) in [6.45, 7) is 0. The van der Waals surface area contributed by atoms with Crippen molar-refractivity contribution in [1.82, 2.24) is 0 Å². The molecule has 32 heavy (non-hydrogen) atoms. The Morgan fingerprint density at radius 3 is 1.31 bits per heavy atom. The van der Waals surface area contributed by atoms with E-state index < -0.39 is 33.4 Å². The predicted octanol–water partition coefficient (Wildman–Crippen LogP) is 9.19. The highest BCUT2D eigenvalue weighted by Crippen LogP contribution is 2.39. The van der Waals surface area contributed by atoms with Crippen LogP contribution in [0.3, 0.4) is 0 Å². The van der Waals surface area contributed by atoms with Crippen LogP contribution in [-0.4, -0.2) is 12.4 Å². The van der Waals surface area contributed by atoms with Gasteiger partial charge in [-0.25, -0.2) is 9.05 Å². The molecule has 0 heterocycles. The smallest absolute Gasteiger partial charge is 0.222 e. The highest BCUT2D eigenvalue weighted by atomic mass is 79.9. The van der Waals surface area contributed by atoms with Crippen LogP contribution in [-0.2, 0) is 13.6 Å². The second-order valence-corrected chi connectivity index (χ2v) is 8.84. The standard InChI is InChI=1S/C20H14Br2F6O3P/c21-15-5-1-13(2-6-15)17(9-11-19(23,24)25)30-32(29)31-18(10-12-20(26,27)28)14-3-7-16(22)8-4-14/h1-10H,11-12H2/q+1. The summed E-state index contributed by atoms with van der Waals surface area (Å²) in [5.74, 6) is -0.774. The Kier molecular flexibility index (Phi) is 9.36. The lowest BCUT2D eigenvalue weighted by atomic mass is 10.1. The number of benzene rings is 2. The first kappa shape index (κ1) is 26.4. The number of halogens is 8. The Bertz CT molecular complexity index is 905. The van der Waals surface area contributed by atoms with Crippen molar-refractivity contribution in [2.24, 2.45) is 0 Å². The van der Waals surface area contributed by atoms with Gasteiger partial charge < -0.3 is 0 Å². The molecule has 12 heteroatoms. The zero-order valence-electron chi connectivity index (χ0n) is 15.9. The molecule has 0 amide bonds. The monoisotopic (exact) mass is 605 g/mol. The van der Waals surface area contributed by atoms with Gasteiger partial charge >= 0.3 is 20.6 Å². The highest BCUT2D eigenvalue weighted by molar-refractivity contribution is 9.10. The molecule has 0 unspecified atom stereocenters. The summed E-state index contributed by atoms with van der Waals surface area (Å²) in [5.41, 5.74) is 0.350. The fourth-order valence-electron chi connectivity index (χ4n) is 2.24. The van der Waals surface area contributed by atoms with Gasteiger partial charge in [-0.1, -0.05) is 31.9 Å². The molecular weight excluding hydrogens is 593 g/mol. The number of hydrogen-bond acceptors (Lipinski definition) is 3. The Hall–Kier alpha value is -1.84. The maximum Gasteiger partial charge on any atom is 0.805 e. The summed E-state index contributed by atoms with van der Waals surface area (Å²) < 4.78 is 100.0. The van der Waals surface area contributed by atoms with Crippen LogP contribution in [0.4, 0.5) is 26.3 Å². The minimum absolute atomic E-state index is 0.175. The lowest BCUT2D eigenvalue weighted by molar-refractivity contribution is -0.125. The maximum absolute atomic E-state index is 12.7. The van der Waals surface area contributed by atoms with E-state index >= 15 is 0 Å². The average Bonchev–Trinajstić information content (AvgIpc) is 2.68. The van der Waals surface area contributed by atoms with Crippen LogP contribution in [0.5, 0.6) is 0 Å². The zero-order valence-corrected chi connectivity index (χ0v) is 19.9. The largest absolute Gasteiger partial charge is 0.805 e. The first-order valence-electron chi connectivity index (χ1n) is 8.71. The third-order valence-electron chi connectivity index (χ3n) is 3.64. The summed E-state index contributed by atoms with van der Waals surface area (Å²) in [4.78, 5) is 0. The third-order valence-corrected chi connectivity index (χ3v) is 5.39. The van der Waals surface area contributed by atoms with Gasteiger partial charge in [0.2, 0.25) is 0 Å². The van der Waals surface area contributed by atoms with Crippen molar-refractivity contribution >= 4 is 51.6 Å². The van der Waals surface area contributed by atoms with Crippen molar-refractivity contribution in [2.45, 2.75) is 25.2 Å². The van der Waals surface area contributed by atoms with Crippen LogP contribution in [0.15, 0.2) is 69.6 Å². The van der Waals surface area contributed by atoms with Crippen molar-refractivity contribution in [3.05, 3.63) is 80.8 Å². The lowest BCUT2D eigenvalue weighted by Gasteiger charge is -2.07.